The summed E-state index contributed by atoms with van der Waals surface area (Å²) in [6, 6.07) is 3.56. The molecule has 0 saturated carbocycles. The number of methoxy groups -OCH3 is 1. The minimum atomic E-state index is 0.103. The van der Waals surface area contributed by atoms with Gasteiger partial charge in [-0.05, 0) is 12.1 Å². The number of benzene rings is 1. The van der Waals surface area contributed by atoms with Crippen molar-refractivity contribution in [3.63, 3.8) is 0 Å². The van der Waals surface area contributed by atoms with Crippen LogP contribution < -0.4 is 4.74 Å². The Hall–Kier alpha value is -0.810. The van der Waals surface area contributed by atoms with Crippen LogP contribution in [0.1, 0.15) is 0 Å². The minimum Gasteiger partial charge on any atom is -0.493 e. The third-order valence-corrected chi connectivity index (χ3v) is 2.21. The summed E-state index contributed by atoms with van der Waals surface area (Å²) in [6.45, 7) is 0. The van der Waals surface area contributed by atoms with Crippen LogP contribution in [0.3, 0.4) is 0 Å². The molecule has 1 heterocycles. The topological polar surface area (TPSA) is 35.5 Å². The maximum Gasteiger partial charge on any atom is 0.363 e. The second kappa shape index (κ2) is 3.16. The van der Waals surface area contributed by atoms with E-state index < -0.39 is 0 Å². The summed E-state index contributed by atoms with van der Waals surface area (Å²) in [5, 5.41) is 0. The Labute approximate surface area is 87.4 Å². The number of hydrogen-bond acceptors (Lipinski definition) is 4. The van der Waals surface area contributed by atoms with Crippen molar-refractivity contribution in [2.24, 2.45) is 0 Å². The van der Waals surface area contributed by atoms with Crippen molar-refractivity contribution in [3.8, 4) is 5.75 Å². The third-order valence-electron chi connectivity index (χ3n) is 1.58. The normalized spacial score (nSPS) is 10.6. The molecule has 68 valence electrons. The van der Waals surface area contributed by atoms with E-state index in [0.717, 1.165) is 4.47 Å². The van der Waals surface area contributed by atoms with Gasteiger partial charge in [-0.2, -0.15) is 0 Å². The zero-order valence-corrected chi connectivity index (χ0v) is 9.07. The summed E-state index contributed by atoms with van der Waals surface area (Å²) in [6.07, 6.45) is 0. The maximum atomic E-state index is 5.15. The van der Waals surface area contributed by atoms with Gasteiger partial charge in [-0.3, -0.25) is 0 Å². The molecule has 0 radical (unpaired) electrons. The van der Waals surface area contributed by atoms with Gasteiger partial charge >= 0.3 is 4.90 Å². The first-order valence-electron chi connectivity index (χ1n) is 3.48. The summed E-state index contributed by atoms with van der Waals surface area (Å²) in [5.74, 6) is 0.601. The monoisotopic (exact) mass is 260 g/mol. The van der Waals surface area contributed by atoms with Crippen LogP contribution in [0.2, 0.25) is 0 Å². The molecule has 0 aliphatic rings. The standard InChI is InChI=1S/C8H5BrO3S/c1-10-5-2-4(9)3-6-7(5)12-8(13)11-6/h2-3H,1H3. The zero-order chi connectivity index (χ0) is 9.42. The highest BCUT2D eigenvalue weighted by atomic mass is 79.9. The molecule has 3 nitrogen and oxygen atoms in total. The fourth-order valence-electron chi connectivity index (χ4n) is 1.07. The van der Waals surface area contributed by atoms with Crippen LogP contribution in [0.25, 0.3) is 11.2 Å². The van der Waals surface area contributed by atoms with Crippen molar-refractivity contribution in [3.05, 3.63) is 21.5 Å². The summed E-state index contributed by atoms with van der Waals surface area (Å²) >= 11 is 8.08. The lowest BCUT2D eigenvalue weighted by atomic mass is 10.3. The molecule has 0 spiro atoms. The van der Waals surface area contributed by atoms with E-state index >= 15 is 0 Å². The van der Waals surface area contributed by atoms with Gasteiger partial charge in [0.1, 0.15) is 0 Å². The molecule has 0 atom stereocenters. The minimum absolute atomic E-state index is 0.103. The summed E-state index contributed by atoms with van der Waals surface area (Å²) in [4.78, 5) is 0.103. The second-order valence-electron chi connectivity index (χ2n) is 2.39. The average molecular weight is 261 g/mol. The third kappa shape index (κ3) is 1.49. The van der Waals surface area contributed by atoms with Crippen molar-refractivity contribution in [1.82, 2.24) is 0 Å². The van der Waals surface area contributed by atoms with Gasteiger partial charge in [0.05, 0.1) is 7.11 Å². The molecule has 2 aromatic rings. The summed E-state index contributed by atoms with van der Waals surface area (Å²) in [7, 11) is 1.56. The van der Waals surface area contributed by atoms with Gasteiger partial charge in [-0.1, -0.05) is 15.9 Å². The van der Waals surface area contributed by atoms with Crippen molar-refractivity contribution in [2.45, 2.75) is 0 Å². The lowest BCUT2D eigenvalue weighted by Crippen LogP contribution is -1.82. The summed E-state index contributed by atoms with van der Waals surface area (Å²) in [5.41, 5.74) is 1.12. The molecular weight excluding hydrogens is 256 g/mol. The van der Waals surface area contributed by atoms with E-state index in [1.54, 1.807) is 19.2 Å². The molecule has 0 saturated heterocycles. The Bertz CT molecular complexity index is 500. The van der Waals surface area contributed by atoms with Crippen LogP contribution in [0.15, 0.2) is 25.4 Å². The van der Waals surface area contributed by atoms with E-state index in [9.17, 15) is 0 Å². The molecule has 0 aliphatic carbocycles. The molecule has 1 aromatic heterocycles. The number of hydrogen-bond donors (Lipinski definition) is 0. The van der Waals surface area contributed by atoms with Gasteiger partial charge in [-0.25, -0.2) is 0 Å². The maximum absolute atomic E-state index is 5.15. The molecule has 0 amide bonds. The zero-order valence-electron chi connectivity index (χ0n) is 6.67. The second-order valence-corrected chi connectivity index (χ2v) is 3.64. The molecule has 2 rings (SSSR count). The first-order chi connectivity index (χ1) is 6.20. The van der Waals surface area contributed by atoms with Crippen LogP contribution in [0, 0.1) is 4.90 Å². The molecular formula is C8H5BrO3S. The van der Waals surface area contributed by atoms with Crippen molar-refractivity contribution in [1.29, 1.82) is 0 Å². The van der Waals surface area contributed by atoms with Gasteiger partial charge in [0.2, 0.25) is 5.58 Å². The Morgan fingerprint density at radius 2 is 2.15 bits per heavy atom. The van der Waals surface area contributed by atoms with Gasteiger partial charge in [0.25, 0.3) is 0 Å². The first-order valence-corrected chi connectivity index (χ1v) is 4.68. The molecule has 13 heavy (non-hydrogen) atoms. The molecule has 5 heteroatoms. The molecule has 0 fully saturated rings. The molecule has 0 N–H and O–H groups in total. The van der Waals surface area contributed by atoms with E-state index in [-0.39, 0.29) is 4.90 Å². The number of halogens is 1. The van der Waals surface area contributed by atoms with E-state index in [1.807, 2.05) is 0 Å². The average Bonchev–Trinajstić information content (AvgIpc) is 2.43. The largest absolute Gasteiger partial charge is 0.493 e. The summed E-state index contributed by atoms with van der Waals surface area (Å²) < 4.78 is 16.2. The van der Waals surface area contributed by atoms with Crippen LogP contribution in [-0.2, 0) is 0 Å². The SMILES string of the molecule is COc1cc(Br)cc2oc(=S)oc12. The smallest absolute Gasteiger partial charge is 0.363 e. The van der Waals surface area contributed by atoms with Crippen LogP contribution in [-0.4, -0.2) is 7.11 Å². The highest BCUT2D eigenvalue weighted by Gasteiger charge is 2.09. The van der Waals surface area contributed by atoms with E-state index in [4.69, 9.17) is 25.8 Å². The van der Waals surface area contributed by atoms with Crippen LogP contribution >= 0.6 is 28.1 Å². The Kier molecular flexibility index (Phi) is 2.13. The van der Waals surface area contributed by atoms with Crippen molar-refractivity contribution < 1.29 is 13.6 Å². The number of rotatable bonds is 1. The quantitative estimate of drug-likeness (QED) is 0.735. The highest BCUT2D eigenvalue weighted by molar-refractivity contribution is 9.10. The lowest BCUT2D eigenvalue weighted by molar-refractivity contribution is 0.401. The van der Waals surface area contributed by atoms with Crippen molar-refractivity contribution in [2.75, 3.05) is 7.11 Å². The van der Waals surface area contributed by atoms with Gasteiger partial charge in [0.15, 0.2) is 11.3 Å². The van der Waals surface area contributed by atoms with E-state index in [2.05, 4.69) is 15.9 Å². The molecule has 1 aromatic carbocycles. The molecule has 0 aliphatic heterocycles. The lowest BCUT2D eigenvalue weighted by Gasteiger charge is -1.98. The van der Waals surface area contributed by atoms with Gasteiger partial charge < -0.3 is 13.6 Å². The predicted octanol–water partition coefficient (Wildman–Crippen LogP) is 3.53. The van der Waals surface area contributed by atoms with Crippen LogP contribution in [0.5, 0.6) is 5.75 Å². The number of fused-ring (bicyclic) bond motifs is 1. The Morgan fingerprint density at radius 3 is 2.85 bits per heavy atom. The fourth-order valence-corrected chi connectivity index (χ4v) is 1.66. The van der Waals surface area contributed by atoms with Crippen molar-refractivity contribution >= 4 is 39.3 Å². The number of ether oxygens (including phenoxy) is 1. The Balaban J connectivity index is 2.88. The van der Waals surface area contributed by atoms with E-state index in [0.29, 0.717) is 16.9 Å². The fraction of sp³-hybridized carbons (Fsp3) is 0.125. The predicted molar refractivity (Wildman–Crippen MR) is 53.6 cm³/mol. The van der Waals surface area contributed by atoms with Gasteiger partial charge in [0, 0.05) is 16.7 Å². The Morgan fingerprint density at radius 1 is 1.38 bits per heavy atom. The van der Waals surface area contributed by atoms with Gasteiger partial charge in [-0.15, -0.1) is 0 Å². The molecule has 0 unspecified atom stereocenters. The van der Waals surface area contributed by atoms with E-state index in [1.165, 1.54) is 0 Å². The molecule has 0 bridgehead atoms. The first kappa shape index (κ1) is 8.77. The highest BCUT2D eigenvalue weighted by Crippen LogP contribution is 2.31. The van der Waals surface area contributed by atoms with Crippen LogP contribution in [0.4, 0.5) is 0 Å².